The molecule has 2 aromatic rings. The number of nitrogens with zero attached hydrogens (tertiary/aromatic N) is 2. The minimum atomic E-state index is -0.0159. The zero-order valence-electron chi connectivity index (χ0n) is 11.4. The lowest BCUT2D eigenvalue weighted by molar-refractivity contribution is 0.570. The van der Waals surface area contributed by atoms with E-state index < -0.39 is 0 Å². The van der Waals surface area contributed by atoms with Crippen LogP contribution in [0.5, 0.6) is 0 Å². The molecule has 1 unspecified atom stereocenters. The average Bonchev–Trinajstić information content (AvgIpc) is 2.97. The molecule has 102 valence electrons. The Morgan fingerprint density at radius 2 is 2.32 bits per heavy atom. The molecule has 1 aliphatic rings. The van der Waals surface area contributed by atoms with Gasteiger partial charge in [0.1, 0.15) is 0 Å². The molecule has 0 aliphatic carbocycles. The van der Waals surface area contributed by atoms with Crippen molar-refractivity contribution in [3.05, 3.63) is 33.9 Å². The van der Waals surface area contributed by atoms with Gasteiger partial charge >= 0.3 is 0 Å². The van der Waals surface area contributed by atoms with Crippen molar-refractivity contribution in [1.82, 2.24) is 19.9 Å². The molecule has 1 aliphatic heterocycles. The standard InChI is InChI=1S/C14H20N4O/c1-9(2)12-7-13-16-11(5-10-3-4-15-8-10)6-14(19)18(13)17-12/h6-7,9-10,15,17H,3-5,8H2,1-2H3. The summed E-state index contributed by atoms with van der Waals surface area (Å²) in [4.78, 5) is 16.7. The van der Waals surface area contributed by atoms with Crippen LogP contribution in [0.15, 0.2) is 16.9 Å². The van der Waals surface area contributed by atoms with Crippen LogP contribution in [-0.2, 0) is 6.42 Å². The number of rotatable bonds is 3. The molecule has 1 saturated heterocycles. The number of fused-ring (bicyclic) bond motifs is 1. The van der Waals surface area contributed by atoms with Crippen LogP contribution in [0.25, 0.3) is 5.65 Å². The van der Waals surface area contributed by atoms with Gasteiger partial charge in [0, 0.05) is 23.5 Å². The molecule has 0 spiro atoms. The average molecular weight is 260 g/mol. The van der Waals surface area contributed by atoms with Gasteiger partial charge in [0.2, 0.25) is 0 Å². The van der Waals surface area contributed by atoms with Crippen LogP contribution in [0, 0.1) is 5.92 Å². The van der Waals surface area contributed by atoms with Gasteiger partial charge in [0.05, 0.1) is 0 Å². The van der Waals surface area contributed by atoms with E-state index in [2.05, 4.69) is 29.2 Å². The van der Waals surface area contributed by atoms with Crippen LogP contribution >= 0.6 is 0 Å². The first kappa shape index (κ1) is 12.4. The van der Waals surface area contributed by atoms with Gasteiger partial charge in [0.25, 0.3) is 5.56 Å². The van der Waals surface area contributed by atoms with Crippen molar-refractivity contribution in [3.63, 3.8) is 0 Å². The lowest BCUT2D eigenvalue weighted by Crippen LogP contribution is -2.18. The number of hydrogen-bond acceptors (Lipinski definition) is 3. The Bertz CT molecular complexity index is 634. The van der Waals surface area contributed by atoms with Crippen LogP contribution < -0.4 is 10.9 Å². The fourth-order valence-electron chi connectivity index (χ4n) is 2.64. The molecule has 5 nitrogen and oxygen atoms in total. The van der Waals surface area contributed by atoms with E-state index >= 15 is 0 Å². The van der Waals surface area contributed by atoms with Crippen LogP contribution in [0.2, 0.25) is 0 Å². The summed E-state index contributed by atoms with van der Waals surface area (Å²) in [5, 5.41) is 6.46. The number of nitrogens with one attached hydrogen (secondary N) is 2. The third-order valence-electron chi connectivity index (χ3n) is 3.81. The number of aromatic nitrogens is 3. The van der Waals surface area contributed by atoms with Gasteiger partial charge in [0.15, 0.2) is 5.65 Å². The van der Waals surface area contributed by atoms with Gasteiger partial charge in [-0.05, 0) is 37.8 Å². The lowest BCUT2D eigenvalue weighted by Gasteiger charge is -2.06. The third-order valence-corrected chi connectivity index (χ3v) is 3.81. The van der Waals surface area contributed by atoms with Crippen LogP contribution in [0.3, 0.4) is 0 Å². The lowest BCUT2D eigenvalue weighted by atomic mass is 10.0. The zero-order chi connectivity index (χ0) is 13.4. The van der Waals surface area contributed by atoms with Crippen LogP contribution in [0.1, 0.15) is 37.6 Å². The molecule has 5 heteroatoms. The molecule has 2 aromatic heterocycles. The topological polar surface area (TPSA) is 62.2 Å². The van der Waals surface area contributed by atoms with E-state index in [0.29, 0.717) is 11.8 Å². The molecule has 0 radical (unpaired) electrons. The van der Waals surface area contributed by atoms with Crippen molar-refractivity contribution < 1.29 is 0 Å². The summed E-state index contributed by atoms with van der Waals surface area (Å²) < 4.78 is 1.53. The van der Waals surface area contributed by atoms with E-state index in [1.807, 2.05) is 6.07 Å². The molecule has 0 saturated carbocycles. The summed E-state index contributed by atoms with van der Waals surface area (Å²) in [6, 6.07) is 3.63. The van der Waals surface area contributed by atoms with Crippen LogP contribution in [-0.4, -0.2) is 27.7 Å². The molecular formula is C14H20N4O. The predicted octanol–water partition coefficient (Wildman–Crippen LogP) is 1.30. The molecule has 0 amide bonds. The quantitative estimate of drug-likeness (QED) is 0.874. The number of aromatic amines is 1. The maximum absolute atomic E-state index is 12.1. The minimum Gasteiger partial charge on any atom is -0.316 e. The Morgan fingerprint density at radius 3 is 3.00 bits per heavy atom. The predicted molar refractivity (Wildman–Crippen MR) is 74.6 cm³/mol. The zero-order valence-corrected chi connectivity index (χ0v) is 11.4. The highest BCUT2D eigenvalue weighted by atomic mass is 16.1. The maximum atomic E-state index is 12.1. The highest BCUT2D eigenvalue weighted by Gasteiger charge is 2.17. The Labute approximate surface area is 112 Å². The van der Waals surface area contributed by atoms with E-state index in [1.165, 1.54) is 10.9 Å². The Balaban J connectivity index is 1.96. The van der Waals surface area contributed by atoms with Crippen molar-refractivity contribution in [1.29, 1.82) is 0 Å². The summed E-state index contributed by atoms with van der Waals surface area (Å²) >= 11 is 0. The number of H-pyrrole nitrogens is 1. The summed E-state index contributed by atoms with van der Waals surface area (Å²) in [5.74, 6) is 0.974. The van der Waals surface area contributed by atoms with Gasteiger partial charge in [-0.1, -0.05) is 13.8 Å². The van der Waals surface area contributed by atoms with Crippen molar-refractivity contribution in [2.75, 3.05) is 13.1 Å². The van der Waals surface area contributed by atoms with Gasteiger partial charge in [-0.3, -0.25) is 9.89 Å². The molecule has 1 atom stereocenters. The van der Waals surface area contributed by atoms with Crippen molar-refractivity contribution in [3.8, 4) is 0 Å². The second-order valence-electron chi connectivity index (χ2n) is 5.71. The summed E-state index contributed by atoms with van der Waals surface area (Å²) in [5.41, 5.74) is 2.67. The van der Waals surface area contributed by atoms with Crippen LogP contribution in [0.4, 0.5) is 0 Å². The number of hydrogen-bond donors (Lipinski definition) is 2. The smallest absolute Gasteiger partial charge is 0.272 e. The first-order chi connectivity index (χ1) is 9.13. The third kappa shape index (κ3) is 2.42. The Morgan fingerprint density at radius 1 is 1.47 bits per heavy atom. The molecule has 2 N–H and O–H groups in total. The SMILES string of the molecule is CC(C)c1cc2nc(CC3CCNC3)cc(=O)n2[nH]1. The highest BCUT2D eigenvalue weighted by Crippen LogP contribution is 2.16. The van der Waals surface area contributed by atoms with Gasteiger partial charge in [-0.25, -0.2) is 9.50 Å². The van der Waals surface area contributed by atoms with E-state index in [0.717, 1.165) is 36.5 Å². The van der Waals surface area contributed by atoms with Crippen molar-refractivity contribution in [2.24, 2.45) is 5.92 Å². The van der Waals surface area contributed by atoms with Crippen molar-refractivity contribution in [2.45, 2.75) is 32.6 Å². The second kappa shape index (κ2) is 4.81. The molecule has 3 rings (SSSR count). The second-order valence-corrected chi connectivity index (χ2v) is 5.71. The monoisotopic (exact) mass is 260 g/mol. The minimum absolute atomic E-state index is 0.0159. The molecular weight excluding hydrogens is 240 g/mol. The Kier molecular flexibility index (Phi) is 3.14. The van der Waals surface area contributed by atoms with E-state index in [4.69, 9.17) is 0 Å². The van der Waals surface area contributed by atoms with E-state index in [1.54, 1.807) is 6.07 Å². The first-order valence-corrected chi connectivity index (χ1v) is 6.96. The van der Waals surface area contributed by atoms with Gasteiger partial charge in [-0.2, -0.15) is 0 Å². The normalized spacial score (nSPS) is 19.6. The molecule has 0 aromatic carbocycles. The van der Waals surface area contributed by atoms with Gasteiger partial charge < -0.3 is 5.32 Å². The fraction of sp³-hybridized carbons (Fsp3) is 0.571. The maximum Gasteiger partial charge on any atom is 0.272 e. The molecule has 3 heterocycles. The summed E-state index contributed by atoms with van der Waals surface area (Å²) in [7, 11) is 0. The first-order valence-electron chi connectivity index (χ1n) is 6.96. The summed E-state index contributed by atoms with van der Waals surface area (Å²) in [6.45, 7) is 6.31. The highest BCUT2D eigenvalue weighted by molar-refractivity contribution is 5.40. The van der Waals surface area contributed by atoms with Crippen molar-refractivity contribution >= 4 is 5.65 Å². The summed E-state index contributed by atoms with van der Waals surface area (Å²) in [6.07, 6.45) is 2.06. The molecule has 0 bridgehead atoms. The Hall–Kier alpha value is -1.62. The van der Waals surface area contributed by atoms with E-state index in [-0.39, 0.29) is 5.56 Å². The fourth-order valence-corrected chi connectivity index (χ4v) is 2.64. The molecule has 1 fully saturated rings. The molecule has 19 heavy (non-hydrogen) atoms. The largest absolute Gasteiger partial charge is 0.316 e. The van der Waals surface area contributed by atoms with Gasteiger partial charge in [-0.15, -0.1) is 0 Å². The van der Waals surface area contributed by atoms with E-state index in [9.17, 15) is 4.79 Å².